The fourth-order valence-electron chi connectivity index (χ4n) is 0.851. The van der Waals surface area contributed by atoms with Crippen LogP contribution in [0.5, 0.6) is 0 Å². The zero-order valence-electron chi connectivity index (χ0n) is 6.95. The molecule has 0 spiro atoms. The summed E-state index contributed by atoms with van der Waals surface area (Å²) < 4.78 is 4.97. The Balaban J connectivity index is 2.14. The zero-order chi connectivity index (χ0) is 8.10. The van der Waals surface area contributed by atoms with Crippen LogP contribution in [0.1, 0.15) is 12.3 Å². The van der Waals surface area contributed by atoms with E-state index in [-0.39, 0.29) is 0 Å². The van der Waals surface area contributed by atoms with E-state index in [9.17, 15) is 0 Å². The molecule has 1 heterocycles. The molecule has 4 heteroatoms. The molecule has 0 aromatic carbocycles. The summed E-state index contributed by atoms with van der Waals surface area (Å²) in [4.78, 5) is 2.14. The SMILES string of the molecule is CN(C)CCCc1nnco1. The molecule has 0 aliphatic carbocycles. The average Bonchev–Trinajstić information content (AvgIpc) is 2.39. The van der Waals surface area contributed by atoms with Crippen LogP contribution in [0.25, 0.3) is 0 Å². The average molecular weight is 155 g/mol. The summed E-state index contributed by atoms with van der Waals surface area (Å²) >= 11 is 0. The van der Waals surface area contributed by atoms with Crippen molar-refractivity contribution in [1.29, 1.82) is 0 Å². The maximum absolute atomic E-state index is 4.97. The highest BCUT2D eigenvalue weighted by Gasteiger charge is 1.97. The maximum Gasteiger partial charge on any atom is 0.216 e. The van der Waals surface area contributed by atoms with Gasteiger partial charge in [-0.05, 0) is 27.1 Å². The Morgan fingerprint density at radius 3 is 2.91 bits per heavy atom. The van der Waals surface area contributed by atoms with Gasteiger partial charge in [-0.3, -0.25) is 0 Å². The lowest BCUT2D eigenvalue weighted by Crippen LogP contribution is -2.13. The number of rotatable bonds is 4. The van der Waals surface area contributed by atoms with Gasteiger partial charge in [-0.2, -0.15) is 0 Å². The van der Waals surface area contributed by atoms with Gasteiger partial charge in [-0.1, -0.05) is 0 Å². The maximum atomic E-state index is 4.97. The van der Waals surface area contributed by atoms with Crippen LogP contribution in [0.3, 0.4) is 0 Å². The van der Waals surface area contributed by atoms with E-state index in [0.29, 0.717) is 0 Å². The standard InChI is InChI=1S/C7H13N3O/c1-10(2)5-3-4-7-9-8-6-11-7/h6H,3-5H2,1-2H3. The van der Waals surface area contributed by atoms with Crippen LogP contribution < -0.4 is 0 Å². The van der Waals surface area contributed by atoms with Gasteiger partial charge >= 0.3 is 0 Å². The smallest absolute Gasteiger partial charge is 0.216 e. The lowest BCUT2D eigenvalue weighted by Gasteiger charge is -2.06. The molecule has 0 unspecified atom stereocenters. The van der Waals surface area contributed by atoms with Crippen LogP contribution in [0, 0.1) is 0 Å². The van der Waals surface area contributed by atoms with Gasteiger partial charge in [0.2, 0.25) is 12.3 Å². The first-order valence-electron chi connectivity index (χ1n) is 3.69. The van der Waals surface area contributed by atoms with Gasteiger partial charge in [0.05, 0.1) is 0 Å². The van der Waals surface area contributed by atoms with Gasteiger partial charge in [0.1, 0.15) is 0 Å². The van der Waals surface area contributed by atoms with Crippen LogP contribution in [-0.2, 0) is 6.42 Å². The Morgan fingerprint density at radius 1 is 1.55 bits per heavy atom. The Labute approximate surface area is 66.2 Å². The molecule has 4 nitrogen and oxygen atoms in total. The Morgan fingerprint density at radius 2 is 2.36 bits per heavy atom. The van der Waals surface area contributed by atoms with Crippen LogP contribution in [0.2, 0.25) is 0 Å². The highest BCUT2D eigenvalue weighted by Crippen LogP contribution is 1.96. The second-order valence-corrected chi connectivity index (χ2v) is 2.74. The van der Waals surface area contributed by atoms with Gasteiger partial charge in [0, 0.05) is 6.42 Å². The van der Waals surface area contributed by atoms with E-state index < -0.39 is 0 Å². The summed E-state index contributed by atoms with van der Waals surface area (Å²) in [5.41, 5.74) is 0. The molecule has 11 heavy (non-hydrogen) atoms. The fraction of sp³-hybridized carbons (Fsp3) is 0.714. The van der Waals surface area contributed by atoms with Crippen molar-refractivity contribution in [2.24, 2.45) is 0 Å². The second kappa shape index (κ2) is 4.08. The zero-order valence-corrected chi connectivity index (χ0v) is 6.95. The number of hydrogen-bond acceptors (Lipinski definition) is 4. The molecular formula is C7H13N3O. The third-order valence-electron chi connectivity index (χ3n) is 1.40. The molecule has 0 fully saturated rings. The third-order valence-corrected chi connectivity index (χ3v) is 1.40. The summed E-state index contributed by atoms with van der Waals surface area (Å²) in [6.45, 7) is 1.06. The van der Waals surface area contributed by atoms with Crippen LogP contribution in [0.4, 0.5) is 0 Å². The minimum Gasteiger partial charge on any atom is -0.428 e. The fourth-order valence-corrected chi connectivity index (χ4v) is 0.851. The molecule has 62 valence electrons. The summed E-state index contributed by atoms with van der Waals surface area (Å²) in [6, 6.07) is 0. The normalized spacial score (nSPS) is 10.8. The minimum atomic E-state index is 0.729. The summed E-state index contributed by atoms with van der Waals surface area (Å²) in [5.74, 6) is 0.729. The molecule has 1 aromatic rings. The van der Waals surface area contributed by atoms with Gasteiger partial charge < -0.3 is 9.32 Å². The molecular weight excluding hydrogens is 142 g/mol. The lowest BCUT2D eigenvalue weighted by atomic mass is 10.3. The summed E-state index contributed by atoms with van der Waals surface area (Å²) in [7, 11) is 4.10. The first kappa shape index (κ1) is 8.20. The van der Waals surface area contributed by atoms with E-state index in [2.05, 4.69) is 15.1 Å². The highest BCUT2D eigenvalue weighted by atomic mass is 16.4. The Hall–Kier alpha value is -0.900. The van der Waals surface area contributed by atoms with Crippen molar-refractivity contribution < 1.29 is 4.42 Å². The highest BCUT2D eigenvalue weighted by molar-refractivity contribution is 4.72. The molecule has 0 bridgehead atoms. The van der Waals surface area contributed by atoms with Gasteiger partial charge in [0.15, 0.2) is 0 Å². The lowest BCUT2D eigenvalue weighted by molar-refractivity contribution is 0.386. The van der Waals surface area contributed by atoms with Crippen molar-refractivity contribution in [2.75, 3.05) is 20.6 Å². The molecule has 0 saturated heterocycles. The molecule has 0 amide bonds. The van der Waals surface area contributed by atoms with Crippen molar-refractivity contribution in [3.05, 3.63) is 12.3 Å². The Kier molecular flexibility index (Phi) is 3.04. The van der Waals surface area contributed by atoms with Crippen molar-refractivity contribution >= 4 is 0 Å². The van der Waals surface area contributed by atoms with E-state index in [1.165, 1.54) is 6.39 Å². The van der Waals surface area contributed by atoms with Crippen molar-refractivity contribution in [3.8, 4) is 0 Å². The quantitative estimate of drug-likeness (QED) is 0.637. The minimum absolute atomic E-state index is 0.729. The predicted molar refractivity (Wildman–Crippen MR) is 41.2 cm³/mol. The van der Waals surface area contributed by atoms with E-state index in [4.69, 9.17) is 4.42 Å². The van der Waals surface area contributed by atoms with E-state index in [0.717, 1.165) is 25.3 Å². The van der Waals surface area contributed by atoms with Gasteiger partial charge in [-0.15, -0.1) is 10.2 Å². The van der Waals surface area contributed by atoms with Crippen molar-refractivity contribution in [2.45, 2.75) is 12.8 Å². The van der Waals surface area contributed by atoms with E-state index in [1.54, 1.807) is 0 Å². The predicted octanol–water partition coefficient (Wildman–Crippen LogP) is 0.564. The van der Waals surface area contributed by atoms with Crippen LogP contribution in [-0.4, -0.2) is 35.7 Å². The summed E-state index contributed by atoms with van der Waals surface area (Å²) in [6.07, 6.45) is 3.30. The molecule has 1 aromatic heterocycles. The molecule has 0 radical (unpaired) electrons. The molecule has 1 rings (SSSR count). The van der Waals surface area contributed by atoms with Crippen LogP contribution in [0.15, 0.2) is 10.8 Å². The Bertz CT molecular complexity index is 184. The molecule has 0 N–H and O–H groups in total. The van der Waals surface area contributed by atoms with Gasteiger partial charge in [-0.25, -0.2) is 0 Å². The molecule has 0 aliphatic heterocycles. The summed E-state index contributed by atoms with van der Waals surface area (Å²) in [5, 5.41) is 7.37. The third kappa shape index (κ3) is 3.13. The largest absolute Gasteiger partial charge is 0.428 e. The van der Waals surface area contributed by atoms with Gasteiger partial charge in [0.25, 0.3) is 0 Å². The first-order chi connectivity index (χ1) is 5.29. The molecule has 0 aliphatic rings. The van der Waals surface area contributed by atoms with E-state index in [1.807, 2.05) is 14.1 Å². The van der Waals surface area contributed by atoms with Crippen molar-refractivity contribution in [1.82, 2.24) is 15.1 Å². The van der Waals surface area contributed by atoms with Crippen molar-refractivity contribution in [3.63, 3.8) is 0 Å². The molecule has 0 saturated carbocycles. The monoisotopic (exact) mass is 155 g/mol. The second-order valence-electron chi connectivity index (χ2n) is 2.74. The first-order valence-corrected chi connectivity index (χ1v) is 3.69. The number of hydrogen-bond donors (Lipinski definition) is 0. The molecule has 0 atom stereocenters. The van der Waals surface area contributed by atoms with Crippen LogP contribution >= 0.6 is 0 Å². The number of aromatic nitrogens is 2. The topological polar surface area (TPSA) is 42.2 Å². The number of nitrogens with zero attached hydrogens (tertiary/aromatic N) is 3. The number of aryl methyl sites for hydroxylation is 1. The van der Waals surface area contributed by atoms with E-state index >= 15 is 0 Å².